The molecule has 4 heterocycles. The van der Waals surface area contributed by atoms with Gasteiger partial charge in [0.25, 0.3) is 10.0 Å². The smallest absolute Gasteiger partial charge is 0.410 e. The number of anilines is 1. The van der Waals surface area contributed by atoms with Crippen molar-refractivity contribution in [2.24, 2.45) is 0 Å². The molecule has 0 radical (unpaired) electrons. The molecule has 10 nitrogen and oxygen atoms in total. The molecular weight excluding hydrogens is 504 g/mol. The first kappa shape index (κ1) is 25.7. The van der Waals surface area contributed by atoms with E-state index in [-0.39, 0.29) is 16.6 Å². The van der Waals surface area contributed by atoms with Gasteiger partial charge in [-0.3, -0.25) is 4.98 Å². The Hall–Kier alpha value is -3.99. The van der Waals surface area contributed by atoms with Crippen LogP contribution < -0.4 is 4.90 Å². The number of carbonyl (C=O) groups is 1. The van der Waals surface area contributed by atoms with Crippen molar-refractivity contribution in [3.63, 3.8) is 0 Å². The molecule has 3 aromatic heterocycles. The van der Waals surface area contributed by atoms with Crippen molar-refractivity contribution in [1.82, 2.24) is 23.8 Å². The summed E-state index contributed by atoms with van der Waals surface area (Å²) in [6, 6.07) is 12.2. The topological polar surface area (TPSA) is 111 Å². The molecule has 1 saturated heterocycles. The Bertz CT molecular complexity index is 1570. The number of hydrogen-bond donors (Lipinski definition) is 0. The minimum absolute atomic E-state index is 0.165. The summed E-state index contributed by atoms with van der Waals surface area (Å²) in [5.41, 5.74) is 1.88. The molecule has 1 fully saturated rings. The molecule has 0 unspecified atom stereocenters. The number of pyridine rings is 1. The summed E-state index contributed by atoms with van der Waals surface area (Å²) in [5, 5.41) is 0.590. The first-order valence-electron chi connectivity index (χ1n) is 12.4. The number of amides is 1. The van der Waals surface area contributed by atoms with E-state index in [0.29, 0.717) is 48.6 Å². The second kappa shape index (κ2) is 9.71. The molecule has 1 aliphatic heterocycles. The van der Waals surface area contributed by atoms with Crippen LogP contribution in [0.3, 0.4) is 0 Å². The molecule has 4 aromatic rings. The lowest BCUT2D eigenvalue weighted by Gasteiger charge is -2.36. The van der Waals surface area contributed by atoms with Gasteiger partial charge in [0.2, 0.25) is 0 Å². The van der Waals surface area contributed by atoms with E-state index < -0.39 is 15.6 Å². The van der Waals surface area contributed by atoms with Crippen LogP contribution in [0.25, 0.3) is 22.3 Å². The van der Waals surface area contributed by atoms with Gasteiger partial charge in [-0.15, -0.1) is 0 Å². The van der Waals surface area contributed by atoms with E-state index in [1.807, 2.05) is 44.7 Å². The number of rotatable bonds is 4. The summed E-state index contributed by atoms with van der Waals surface area (Å²) >= 11 is 0. The fourth-order valence-electron chi connectivity index (χ4n) is 4.41. The third-order valence-corrected chi connectivity index (χ3v) is 7.95. The zero-order valence-electron chi connectivity index (χ0n) is 21.8. The normalized spacial score (nSPS) is 14.6. The fraction of sp³-hybridized carbons (Fsp3) is 0.333. The van der Waals surface area contributed by atoms with Crippen molar-refractivity contribution in [1.29, 1.82) is 0 Å². The molecular formula is C27H30N6O4S. The van der Waals surface area contributed by atoms with Crippen molar-refractivity contribution in [3.8, 4) is 11.3 Å². The highest BCUT2D eigenvalue weighted by Crippen LogP contribution is 2.36. The standard InChI is InChI=1S/C27H30N6O4S/c1-19-8-10-20(11-9-19)38(35,36)33-17-21(22-7-5-6-12-28-22)23-24(29-18-30-25(23)33)31-13-15-32(16-14-31)26(34)37-27(2,3)4/h5-12,17-18H,13-16H2,1-4H3. The van der Waals surface area contributed by atoms with Gasteiger partial charge in [0.15, 0.2) is 5.65 Å². The SMILES string of the molecule is Cc1ccc(S(=O)(=O)n2cc(-c3ccccn3)c3c(N4CCN(C(=O)OC(C)(C)C)CC4)ncnc32)cc1. The zero-order chi connectivity index (χ0) is 27.1. The Kier molecular flexibility index (Phi) is 6.56. The maximum Gasteiger partial charge on any atom is 0.410 e. The lowest BCUT2D eigenvalue weighted by molar-refractivity contribution is 0.0240. The van der Waals surface area contributed by atoms with Gasteiger partial charge in [-0.05, 0) is 52.0 Å². The van der Waals surface area contributed by atoms with Crippen molar-refractivity contribution in [2.45, 2.75) is 38.2 Å². The van der Waals surface area contributed by atoms with Crippen molar-refractivity contribution in [3.05, 3.63) is 66.7 Å². The molecule has 11 heteroatoms. The van der Waals surface area contributed by atoms with Crippen molar-refractivity contribution < 1.29 is 17.9 Å². The Balaban J connectivity index is 1.57. The molecule has 1 amide bonds. The number of aryl methyl sites for hydroxylation is 1. The Morgan fingerprint density at radius 3 is 2.29 bits per heavy atom. The number of nitrogens with zero attached hydrogens (tertiary/aromatic N) is 6. The van der Waals surface area contributed by atoms with E-state index >= 15 is 0 Å². The molecule has 0 spiro atoms. The van der Waals surface area contributed by atoms with Crippen LogP contribution >= 0.6 is 0 Å². The summed E-state index contributed by atoms with van der Waals surface area (Å²) in [4.78, 5) is 29.9. The number of aromatic nitrogens is 4. The molecule has 1 aliphatic rings. The van der Waals surface area contributed by atoms with Gasteiger partial charge in [0.05, 0.1) is 16.0 Å². The minimum Gasteiger partial charge on any atom is -0.444 e. The summed E-state index contributed by atoms with van der Waals surface area (Å²) in [7, 11) is -3.94. The zero-order valence-corrected chi connectivity index (χ0v) is 22.6. The van der Waals surface area contributed by atoms with Crippen LogP contribution in [0.1, 0.15) is 26.3 Å². The van der Waals surface area contributed by atoms with Crippen LogP contribution in [0.5, 0.6) is 0 Å². The average Bonchev–Trinajstić information content (AvgIpc) is 3.29. The molecule has 0 aliphatic carbocycles. The third kappa shape index (κ3) is 4.93. The van der Waals surface area contributed by atoms with Crippen LogP contribution in [0.4, 0.5) is 10.6 Å². The quantitative estimate of drug-likeness (QED) is 0.385. The second-order valence-electron chi connectivity index (χ2n) is 10.2. The third-order valence-electron chi connectivity index (χ3n) is 6.28. The van der Waals surface area contributed by atoms with Gasteiger partial charge in [-0.1, -0.05) is 23.8 Å². The molecule has 0 bridgehead atoms. The number of fused-ring (bicyclic) bond motifs is 1. The summed E-state index contributed by atoms with van der Waals surface area (Å²) in [5.74, 6) is 0.595. The van der Waals surface area contributed by atoms with Crippen LogP contribution in [0, 0.1) is 6.92 Å². The molecule has 38 heavy (non-hydrogen) atoms. The number of piperazine rings is 1. The average molecular weight is 535 g/mol. The van der Waals surface area contributed by atoms with E-state index in [4.69, 9.17) is 4.74 Å². The highest BCUT2D eigenvalue weighted by molar-refractivity contribution is 7.90. The molecule has 0 atom stereocenters. The van der Waals surface area contributed by atoms with Crippen LogP contribution in [0.2, 0.25) is 0 Å². The fourth-order valence-corrected chi connectivity index (χ4v) is 5.73. The molecule has 5 rings (SSSR count). The summed E-state index contributed by atoms with van der Waals surface area (Å²) in [6.07, 6.45) is 4.25. The van der Waals surface area contributed by atoms with Crippen LogP contribution in [-0.2, 0) is 14.8 Å². The van der Waals surface area contributed by atoms with E-state index in [1.165, 1.54) is 10.3 Å². The van der Waals surface area contributed by atoms with E-state index in [2.05, 4.69) is 15.0 Å². The predicted octanol–water partition coefficient (Wildman–Crippen LogP) is 4.10. The van der Waals surface area contributed by atoms with Gasteiger partial charge in [0.1, 0.15) is 17.7 Å². The Labute approximate surface area is 222 Å². The van der Waals surface area contributed by atoms with E-state index in [1.54, 1.807) is 47.6 Å². The molecule has 0 N–H and O–H groups in total. The van der Waals surface area contributed by atoms with E-state index in [0.717, 1.165) is 5.56 Å². The molecule has 0 saturated carbocycles. The monoisotopic (exact) mass is 534 g/mol. The Morgan fingerprint density at radius 1 is 0.947 bits per heavy atom. The number of hydrogen-bond acceptors (Lipinski definition) is 8. The summed E-state index contributed by atoms with van der Waals surface area (Å²) < 4.78 is 34.2. The van der Waals surface area contributed by atoms with Gasteiger partial charge in [-0.25, -0.2) is 27.2 Å². The first-order chi connectivity index (χ1) is 18.0. The van der Waals surface area contributed by atoms with Crippen LogP contribution in [-0.4, -0.2) is 70.1 Å². The Morgan fingerprint density at radius 2 is 1.66 bits per heavy atom. The van der Waals surface area contributed by atoms with Crippen molar-refractivity contribution >= 4 is 33.0 Å². The lowest BCUT2D eigenvalue weighted by Crippen LogP contribution is -2.50. The second-order valence-corrected chi connectivity index (χ2v) is 12.0. The summed E-state index contributed by atoms with van der Waals surface area (Å²) in [6.45, 7) is 9.33. The molecule has 198 valence electrons. The maximum absolute atomic E-state index is 13.7. The maximum atomic E-state index is 13.7. The van der Waals surface area contributed by atoms with Gasteiger partial charge in [0, 0.05) is 44.1 Å². The van der Waals surface area contributed by atoms with Gasteiger partial charge >= 0.3 is 6.09 Å². The largest absolute Gasteiger partial charge is 0.444 e. The van der Waals surface area contributed by atoms with Gasteiger partial charge in [-0.2, -0.15) is 0 Å². The number of benzene rings is 1. The van der Waals surface area contributed by atoms with Crippen molar-refractivity contribution in [2.75, 3.05) is 31.1 Å². The highest BCUT2D eigenvalue weighted by Gasteiger charge is 2.30. The predicted molar refractivity (Wildman–Crippen MR) is 145 cm³/mol. The minimum atomic E-state index is -3.94. The van der Waals surface area contributed by atoms with E-state index in [9.17, 15) is 13.2 Å². The number of ether oxygens (including phenoxy) is 1. The lowest BCUT2D eigenvalue weighted by atomic mass is 10.1. The highest BCUT2D eigenvalue weighted by atomic mass is 32.2. The van der Waals surface area contributed by atoms with Crippen LogP contribution in [0.15, 0.2) is 66.1 Å². The molecule has 1 aromatic carbocycles. The van der Waals surface area contributed by atoms with Gasteiger partial charge < -0.3 is 14.5 Å². The number of carbonyl (C=O) groups excluding carboxylic acids is 1. The first-order valence-corrected chi connectivity index (χ1v) is 13.8.